The highest BCUT2D eigenvalue weighted by molar-refractivity contribution is 9.10. The van der Waals surface area contributed by atoms with Crippen molar-refractivity contribution < 1.29 is 28.2 Å². The maximum Gasteiger partial charge on any atom is 0.420 e. The number of carbonyl (C=O) groups is 2. The lowest BCUT2D eigenvalue weighted by molar-refractivity contribution is -0.000459. The molecule has 2 amide bonds. The van der Waals surface area contributed by atoms with Gasteiger partial charge in [-0.1, -0.05) is 15.9 Å². The standard InChI is InChI=1S/C22H27BrFN3O5/c1-13-10-11-25-18(26-13)30-16-9-8-15(23)14(17(16)24)12-27(19(28)31-21(2,3)4)20(29)32-22(5,6)7/h8-11H,12H2,1-7H3. The molecule has 2 rings (SSSR count). The van der Waals surface area contributed by atoms with E-state index in [1.165, 1.54) is 18.3 Å². The highest BCUT2D eigenvalue weighted by Crippen LogP contribution is 2.31. The molecule has 32 heavy (non-hydrogen) atoms. The summed E-state index contributed by atoms with van der Waals surface area (Å²) in [6, 6.07) is 4.56. The van der Waals surface area contributed by atoms with E-state index < -0.39 is 35.8 Å². The number of benzene rings is 1. The summed E-state index contributed by atoms with van der Waals surface area (Å²) in [6.07, 6.45) is -0.444. The number of hydrogen-bond donors (Lipinski definition) is 0. The summed E-state index contributed by atoms with van der Waals surface area (Å²) in [5.74, 6) is -0.955. The SMILES string of the molecule is Cc1ccnc(Oc2ccc(Br)c(CN(C(=O)OC(C)(C)C)C(=O)OC(C)(C)C)c2F)n1. The molecule has 0 saturated carbocycles. The molecule has 0 radical (unpaired) electrons. The van der Waals surface area contributed by atoms with E-state index in [4.69, 9.17) is 14.2 Å². The van der Waals surface area contributed by atoms with Gasteiger partial charge >= 0.3 is 18.2 Å². The van der Waals surface area contributed by atoms with Gasteiger partial charge in [-0.3, -0.25) is 0 Å². The molecule has 0 aliphatic carbocycles. The van der Waals surface area contributed by atoms with Crippen LogP contribution in [0, 0.1) is 12.7 Å². The van der Waals surface area contributed by atoms with E-state index in [0.29, 0.717) is 15.1 Å². The fourth-order valence-corrected chi connectivity index (χ4v) is 2.80. The lowest BCUT2D eigenvalue weighted by atomic mass is 10.2. The van der Waals surface area contributed by atoms with Crippen molar-refractivity contribution in [2.24, 2.45) is 0 Å². The normalized spacial score (nSPS) is 11.7. The van der Waals surface area contributed by atoms with Crippen molar-refractivity contribution in [3.63, 3.8) is 0 Å². The molecule has 1 aromatic heterocycles. The quantitative estimate of drug-likeness (QED) is 0.485. The van der Waals surface area contributed by atoms with E-state index in [1.807, 2.05) is 0 Å². The second-order valence-corrected chi connectivity index (χ2v) is 9.82. The van der Waals surface area contributed by atoms with Crippen molar-refractivity contribution >= 4 is 28.1 Å². The van der Waals surface area contributed by atoms with Gasteiger partial charge in [0.05, 0.1) is 6.54 Å². The van der Waals surface area contributed by atoms with Gasteiger partial charge in [-0.2, -0.15) is 0 Å². The largest absolute Gasteiger partial charge is 0.443 e. The Bertz CT molecular complexity index is 974. The minimum absolute atomic E-state index is 0.00753. The van der Waals surface area contributed by atoms with Crippen molar-refractivity contribution in [2.75, 3.05) is 0 Å². The Hall–Kier alpha value is -2.75. The van der Waals surface area contributed by atoms with Crippen LogP contribution in [0.2, 0.25) is 0 Å². The molecule has 8 nitrogen and oxygen atoms in total. The van der Waals surface area contributed by atoms with E-state index in [1.54, 1.807) is 54.5 Å². The average molecular weight is 512 g/mol. The molecule has 0 fully saturated rings. The number of hydrogen-bond acceptors (Lipinski definition) is 7. The van der Waals surface area contributed by atoms with Gasteiger partial charge in [-0.05, 0) is 66.7 Å². The zero-order valence-corrected chi connectivity index (χ0v) is 20.7. The molecule has 0 bridgehead atoms. The van der Waals surface area contributed by atoms with Crippen LogP contribution in [0.5, 0.6) is 11.8 Å². The van der Waals surface area contributed by atoms with Crippen LogP contribution in [-0.2, 0) is 16.0 Å². The number of nitrogens with zero attached hydrogens (tertiary/aromatic N) is 3. The smallest absolute Gasteiger partial charge is 0.420 e. The van der Waals surface area contributed by atoms with E-state index >= 15 is 4.39 Å². The molecule has 0 aliphatic rings. The fraction of sp³-hybridized carbons (Fsp3) is 0.455. The molecular formula is C22H27BrFN3O5. The molecule has 0 unspecified atom stereocenters. The van der Waals surface area contributed by atoms with Crippen LogP contribution in [0.15, 0.2) is 28.9 Å². The number of imide groups is 1. The van der Waals surface area contributed by atoms with Crippen LogP contribution < -0.4 is 4.74 Å². The summed E-state index contributed by atoms with van der Waals surface area (Å²) in [6.45, 7) is 11.2. The van der Waals surface area contributed by atoms with Gasteiger partial charge in [0.2, 0.25) is 0 Å². The van der Waals surface area contributed by atoms with Gasteiger partial charge < -0.3 is 14.2 Å². The first-order valence-electron chi connectivity index (χ1n) is 9.84. The van der Waals surface area contributed by atoms with Gasteiger partial charge in [-0.15, -0.1) is 0 Å². The van der Waals surface area contributed by atoms with E-state index in [-0.39, 0.29) is 17.3 Å². The molecule has 2 aromatic rings. The third kappa shape index (κ3) is 7.44. The Labute approximate surface area is 195 Å². The monoisotopic (exact) mass is 511 g/mol. The molecule has 0 aliphatic heterocycles. The number of amides is 2. The molecule has 0 spiro atoms. The van der Waals surface area contributed by atoms with Crippen molar-refractivity contribution in [1.82, 2.24) is 14.9 Å². The maximum absolute atomic E-state index is 15.3. The zero-order valence-electron chi connectivity index (χ0n) is 19.2. The topological polar surface area (TPSA) is 90.8 Å². The molecule has 174 valence electrons. The third-order valence-electron chi connectivity index (χ3n) is 3.67. The highest BCUT2D eigenvalue weighted by Gasteiger charge is 2.33. The Balaban J connectivity index is 2.40. The van der Waals surface area contributed by atoms with Crippen LogP contribution >= 0.6 is 15.9 Å². The van der Waals surface area contributed by atoms with Crippen molar-refractivity contribution in [3.05, 3.63) is 45.9 Å². The number of carbonyl (C=O) groups excluding carboxylic acids is 2. The first-order valence-corrected chi connectivity index (χ1v) is 10.6. The fourth-order valence-electron chi connectivity index (χ4n) is 2.37. The predicted octanol–water partition coefficient (Wildman–Crippen LogP) is 6.15. The number of aromatic nitrogens is 2. The third-order valence-corrected chi connectivity index (χ3v) is 4.41. The molecule has 1 heterocycles. The Morgan fingerprint density at radius 3 is 2.09 bits per heavy atom. The zero-order chi connectivity index (χ0) is 24.3. The lowest BCUT2D eigenvalue weighted by Crippen LogP contribution is -2.43. The second kappa shape index (κ2) is 9.81. The maximum atomic E-state index is 15.3. The van der Waals surface area contributed by atoms with E-state index in [9.17, 15) is 9.59 Å². The highest BCUT2D eigenvalue weighted by atomic mass is 79.9. The molecular weight excluding hydrogens is 485 g/mol. The van der Waals surface area contributed by atoms with Crippen LogP contribution in [-0.4, -0.2) is 38.3 Å². The number of halogens is 2. The first-order chi connectivity index (χ1) is 14.7. The molecule has 0 atom stereocenters. The van der Waals surface area contributed by atoms with E-state index in [2.05, 4.69) is 25.9 Å². The van der Waals surface area contributed by atoms with Crippen molar-refractivity contribution in [3.8, 4) is 11.8 Å². The molecule has 0 N–H and O–H groups in total. The molecule has 10 heteroatoms. The summed E-state index contributed by atoms with van der Waals surface area (Å²) in [5.41, 5.74) is -1.11. The van der Waals surface area contributed by atoms with Crippen LogP contribution in [0.1, 0.15) is 52.8 Å². The summed E-state index contributed by atoms with van der Waals surface area (Å²) in [4.78, 5) is 34.2. The van der Waals surface area contributed by atoms with E-state index in [0.717, 1.165) is 0 Å². The minimum atomic E-state index is -0.966. The van der Waals surface area contributed by atoms with Gasteiger partial charge in [0.15, 0.2) is 11.6 Å². The Morgan fingerprint density at radius 2 is 1.59 bits per heavy atom. The Kier molecular flexibility index (Phi) is 7.82. The molecule has 0 saturated heterocycles. The van der Waals surface area contributed by atoms with Crippen LogP contribution in [0.4, 0.5) is 14.0 Å². The van der Waals surface area contributed by atoms with Gasteiger partial charge in [0.25, 0.3) is 0 Å². The van der Waals surface area contributed by atoms with Crippen molar-refractivity contribution in [1.29, 1.82) is 0 Å². The number of rotatable bonds is 4. The average Bonchev–Trinajstić information content (AvgIpc) is 2.61. The Morgan fingerprint density at radius 1 is 1.03 bits per heavy atom. The lowest BCUT2D eigenvalue weighted by Gasteiger charge is -2.29. The van der Waals surface area contributed by atoms with Gasteiger partial charge in [-0.25, -0.2) is 28.8 Å². The van der Waals surface area contributed by atoms with Crippen molar-refractivity contribution in [2.45, 2.75) is 66.2 Å². The molecule has 1 aromatic carbocycles. The summed E-state index contributed by atoms with van der Waals surface area (Å²) >= 11 is 3.27. The summed E-state index contributed by atoms with van der Waals surface area (Å²) in [7, 11) is 0. The minimum Gasteiger partial charge on any atom is -0.443 e. The summed E-state index contributed by atoms with van der Waals surface area (Å²) in [5, 5.41) is 0. The summed E-state index contributed by atoms with van der Waals surface area (Å²) < 4.78 is 31.8. The van der Waals surface area contributed by atoms with Crippen LogP contribution in [0.3, 0.4) is 0 Å². The number of ether oxygens (including phenoxy) is 3. The van der Waals surface area contributed by atoms with Gasteiger partial charge in [0.1, 0.15) is 11.2 Å². The van der Waals surface area contributed by atoms with Gasteiger partial charge in [0, 0.05) is 21.9 Å². The number of aryl methyl sites for hydroxylation is 1. The predicted molar refractivity (Wildman–Crippen MR) is 119 cm³/mol. The second-order valence-electron chi connectivity index (χ2n) is 8.97. The van der Waals surface area contributed by atoms with Crippen LogP contribution in [0.25, 0.3) is 0 Å². The first kappa shape index (κ1) is 25.5.